The SMILES string of the molecule is CCn1ncnc1COc1nn2c(-c3cc(F)ccc3F)nncc2c1C(C)(C)CC. The van der Waals surface area contributed by atoms with Gasteiger partial charge in [-0.05, 0) is 37.0 Å². The summed E-state index contributed by atoms with van der Waals surface area (Å²) < 4.78 is 37.6. The van der Waals surface area contributed by atoms with Gasteiger partial charge in [0.15, 0.2) is 11.6 Å². The Balaban J connectivity index is 1.87. The summed E-state index contributed by atoms with van der Waals surface area (Å²) in [5.74, 6) is -0.0765. The predicted octanol–water partition coefficient (Wildman–Crippen LogP) is 3.95. The number of aromatic nitrogens is 7. The number of hydrogen-bond acceptors (Lipinski definition) is 6. The van der Waals surface area contributed by atoms with Gasteiger partial charge in [-0.25, -0.2) is 23.0 Å². The first-order valence-electron chi connectivity index (χ1n) is 10.1. The van der Waals surface area contributed by atoms with Gasteiger partial charge in [-0.15, -0.1) is 10.2 Å². The van der Waals surface area contributed by atoms with Crippen LogP contribution >= 0.6 is 0 Å². The molecule has 1 aromatic carbocycles. The largest absolute Gasteiger partial charge is 0.468 e. The van der Waals surface area contributed by atoms with Gasteiger partial charge in [-0.3, -0.25) is 0 Å². The third kappa shape index (κ3) is 3.73. The molecule has 4 rings (SSSR count). The number of aryl methyl sites for hydroxylation is 1. The van der Waals surface area contributed by atoms with Crippen LogP contribution in [0.5, 0.6) is 5.88 Å². The maximum atomic E-state index is 14.5. The maximum Gasteiger partial charge on any atom is 0.238 e. The Kier molecular flexibility index (Phi) is 5.38. The highest BCUT2D eigenvalue weighted by atomic mass is 19.1. The van der Waals surface area contributed by atoms with Crippen LogP contribution in [0.3, 0.4) is 0 Å². The minimum atomic E-state index is -0.617. The average molecular weight is 427 g/mol. The molecule has 0 spiro atoms. The third-order valence-corrected chi connectivity index (χ3v) is 5.49. The monoisotopic (exact) mass is 427 g/mol. The Morgan fingerprint density at radius 2 is 1.97 bits per heavy atom. The van der Waals surface area contributed by atoms with E-state index >= 15 is 0 Å². The molecule has 0 aliphatic rings. The molecule has 0 unspecified atom stereocenters. The van der Waals surface area contributed by atoms with E-state index in [0.29, 0.717) is 23.8 Å². The predicted molar refractivity (Wildman–Crippen MR) is 109 cm³/mol. The number of fused-ring (bicyclic) bond motifs is 1. The van der Waals surface area contributed by atoms with Crippen LogP contribution in [-0.4, -0.2) is 34.6 Å². The topological polar surface area (TPSA) is 83.0 Å². The summed E-state index contributed by atoms with van der Waals surface area (Å²) in [5, 5.41) is 16.8. The summed E-state index contributed by atoms with van der Waals surface area (Å²) in [6, 6.07) is 3.19. The Morgan fingerprint density at radius 3 is 2.71 bits per heavy atom. The highest BCUT2D eigenvalue weighted by molar-refractivity contribution is 5.66. The first-order valence-corrected chi connectivity index (χ1v) is 10.1. The fourth-order valence-electron chi connectivity index (χ4n) is 3.42. The van der Waals surface area contributed by atoms with E-state index in [1.54, 1.807) is 10.9 Å². The van der Waals surface area contributed by atoms with Crippen molar-refractivity contribution in [2.45, 2.75) is 52.7 Å². The summed E-state index contributed by atoms with van der Waals surface area (Å²) in [5.41, 5.74) is 1.08. The standard InChI is InChI=1S/C21H23F2N7O/c1-5-21(3,4)18-16-10-25-27-19(14-9-13(22)7-8-15(14)23)30(16)28-20(18)31-11-17-24-12-26-29(17)6-2/h7-10,12H,5-6,11H2,1-4H3. The molecule has 3 aromatic heterocycles. The van der Waals surface area contributed by atoms with E-state index in [0.717, 1.165) is 30.2 Å². The van der Waals surface area contributed by atoms with E-state index in [1.807, 2.05) is 6.92 Å². The molecule has 0 bridgehead atoms. The molecule has 10 heteroatoms. The van der Waals surface area contributed by atoms with Crippen LogP contribution in [0.15, 0.2) is 30.7 Å². The zero-order valence-corrected chi connectivity index (χ0v) is 17.8. The van der Waals surface area contributed by atoms with Gasteiger partial charge in [-0.1, -0.05) is 20.8 Å². The lowest BCUT2D eigenvalue weighted by molar-refractivity contribution is 0.267. The highest BCUT2D eigenvalue weighted by Crippen LogP contribution is 2.38. The van der Waals surface area contributed by atoms with Gasteiger partial charge >= 0.3 is 0 Å². The summed E-state index contributed by atoms with van der Waals surface area (Å²) in [4.78, 5) is 4.23. The molecule has 4 aromatic rings. The molecule has 0 radical (unpaired) electrons. The summed E-state index contributed by atoms with van der Waals surface area (Å²) >= 11 is 0. The molecule has 162 valence electrons. The van der Waals surface area contributed by atoms with E-state index in [-0.39, 0.29) is 23.4 Å². The normalized spacial score (nSPS) is 11.9. The molecule has 0 saturated heterocycles. The summed E-state index contributed by atoms with van der Waals surface area (Å²) in [6.07, 6.45) is 3.82. The van der Waals surface area contributed by atoms with Crippen molar-refractivity contribution in [3.05, 3.63) is 53.7 Å². The van der Waals surface area contributed by atoms with Crippen LogP contribution in [-0.2, 0) is 18.6 Å². The van der Waals surface area contributed by atoms with Gasteiger partial charge in [0.25, 0.3) is 0 Å². The lowest BCUT2D eigenvalue weighted by Gasteiger charge is -2.23. The fraction of sp³-hybridized carbons (Fsp3) is 0.381. The molecule has 8 nitrogen and oxygen atoms in total. The molecular formula is C21H23F2N7O. The second kappa shape index (κ2) is 8.01. The number of rotatable bonds is 7. The molecule has 3 heterocycles. The Hall–Kier alpha value is -3.43. The van der Waals surface area contributed by atoms with Crippen molar-refractivity contribution in [2.24, 2.45) is 0 Å². The highest BCUT2D eigenvalue weighted by Gasteiger charge is 2.30. The summed E-state index contributed by atoms with van der Waals surface area (Å²) in [7, 11) is 0. The minimum Gasteiger partial charge on any atom is -0.468 e. The van der Waals surface area contributed by atoms with Crippen LogP contribution < -0.4 is 4.74 Å². The van der Waals surface area contributed by atoms with E-state index < -0.39 is 11.6 Å². The number of hydrogen-bond donors (Lipinski definition) is 0. The summed E-state index contributed by atoms with van der Waals surface area (Å²) in [6.45, 7) is 8.97. The molecule has 0 aliphatic carbocycles. The van der Waals surface area contributed by atoms with Crippen molar-refractivity contribution in [1.29, 1.82) is 0 Å². The minimum absolute atomic E-state index is 0.0290. The lowest BCUT2D eigenvalue weighted by atomic mass is 9.83. The van der Waals surface area contributed by atoms with Crippen molar-refractivity contribution in [3.63, 3.8) is 0 Å². The van der Waals surface area contributed by atoms with Gasteiger partial charge < -0.3 is 4.74 Å². The Bertz CT molecular complexity index is 1230. The van der Waals surface area contributed by atoms with E-state index in [9.17, 15) is 8.78 Å². The fourth-order valence-corrected chi connectivity index (χ4v) is 3.42. The molecule has 0 atom stereocenters. The molecule has 0 amide bonds. The number of benzene rings is 1. The van der Waals surface area contributed by atoms with Crippen molar-refractivity contribution < 1.29 is 13.5 Å². The zero-order valence-electron chi connectivity index (χ0n) is 17.8. The molecule has 0 fully saturated rings. The second-order valence-electron chi connectivity index (χ2n) is 7.79. The van der Waals surface area contributed by atoms with Crippen LogP contribution in [0.4, 0.5) is 8.78 Å². The first kappa shape index (κ1) is 20.8. The molecule has 0 aliphatic heterocycles. The molecule has 0 saturated carbocycles. The van der Waals surface area contributed by atoms with Crippen molar-refractivity contribution in [2.75, 3.05) is 0 Å². The first-order chi connectivity index (χ1) is 14.9. The second-order valence-corrected chi connectivity index (χ2v) is 7.79. The maximum absolute atomic E-state index is 14.5. The van der Waals surface area contributed by atoms with Crippen LogP contribution in [0.1, 0.15) is 45.5 Å². The Morgan fingerprint density at radius 1 is 1.16 bits per heavy atom. The van der Waals surface area contributed by atoms with Crippen LogP contribution in [0, 0.1) is 11.6 Å². The van der Waals surface area contributed by atoms with E-state index in [4.69, 9.17) is 4.74 Å². The van der Waals surface area contributed by atoms with Gasteiger partial charge in [0.1, 0.15) is 24.6 Å². The molecule has 31 heavy (non-hydrogen) atoms. The van der Waals surface area contributed by atoms with Gasteiger partial charge in [0.2, 0.25) is 5.88 Å². The molecule has 0 N–H and O–H groups in total. The van der Waals surface area contributed by atoms with Gasteiger partial charge in [-0.2, -0.15) is 10.2 Å². The lowest BCUT2D eigenvalue weighted by Crippen LogP contribution is -2.17. The smallest absolute Gasteiger partial charge is 0.238 e. The van der Waals surface area contributed by atoms with Crippen molar-refractivity contribution in [1.82, 2.24) is 34.6 Å². The number of nitrogens with zero attached hydrogens (tertiary/aromatic N) is 7. The number of halogens is 2. The van der Waals surface area contributed by atoms with E-state index in [1.165, 1.54) is 10.8 Å². The van der Waals surface area contributed by atoms with Crippen LogP contribution in [0.2, 0.25) is 0 Å². The van der Waals surface area contributed by atoms with Gasteiger partial charge in [0.05, 0.1) is 17.3 Å². The average Bonchev–Trinajstić information content (AvgIpc) is 3.37. The number of ether oxygens (including phenoxy) is 1. The third-order valence-electron chi connectivity index (χ3n) is 5.49. The van der Waals surface area contributed by atoms with Crippen molar-refractivity contribution in [3.8, 4) is 17.3 Å². The quantitative estimate of drug-likeness (QED) is 0.444. The Labute approximate surface area is 177 Å². The van der Waals surface area contributed by atoms with Crippen molar-refractivity contribution >= 4 is 5.52 Å². The van der Waals surface area contributed by atoms with Crippen LogP contribution in [0.25, 0.3) is 16.9 Å². The zero-order chi connectivity index (χ0) is 22.2. The molecular weight excluding hydrogens is 404 g/mol. The van der Waals surface area contributed by atoms with E-state index in [2.05, 4.69) is 46.1 Å². The van der Waals surface area contributed by atoms with Gasteiger partial charge in [0, 0.05) is 12.1 Å².